The first-order valence-electron chi connectivity index (χ1n) is 8.46. The third-order valence-electron chi connectivity index (χ3n) is 3.57. The van der Waals surface area contributed by atoms with Crippen molar-refractivity contribution in [1.82, 2.24) is 4.90 Å². The van der Waals surface area contributed by atoms with Crippen LogP contribution in [-0.4, -0.2) is 53.0 Å². The van der Waals surface area contributed by atoms with Crippen molar-refractivity contribution in [2.75, 3.05) is 19.7 Å². The Morgan fingerprint density at radius 2 is 2.00 bits per heavy atom. The summed E-state index contributed by atoms with van der Waals surface area (Å²) in [6.45, 7) is 6.97. The van der Waals surface area contributed by atoms with E-state index in [1.165, 1.54) is 0 Å². The molecule has 7 nitrogen and oxygen atoms in total. The van der Waals surface area contributed by atoms with Gasteiger partial charge in [0.05, 0.1) is 18.1 Å². The maximum atomic E-state index is 12.5. The highest BCUT2D eigenvalue weighted by Gasteiger charge is 2.38. The molecular formula is C19H23ClN2O5. The highest BCUT2D eigenvalue weighted by molar-refractivity contribution is 6.32. The van der Waals surface area contributed by atoms with E-state index in [1.54, 1.807) is 52.0 Å². The van der Waals surface area contributed by atoms with Crippen LogP contribution < -0.4 is 4.74 Å². The number of nitrogens with zero attached hydrogens (tertiary/aromatic N) is 2. The minimum Gasteiger partial charge on any atom is -0.509 e. The molecule has 0 radical (unpaired) electrons. The van der Waals surface area contributed by atoms with Crippen molar-refractivity contribution in [3.8, 4) is 5.75 Å². The largest absolute Gasteiger partial charge is 0.509 e. The summed E-state index contributed by atoms with van der Waals surface area (Å²) in [6.07, 6.45) is -0.802. The number of rotatable bonds is 5. The third kappa shape index (κ3) is 5.47. The van der Waals surface area contributed by atoms with Crippen molar-refractivity contribution in [2.45, 2.75) is 33.3 Å². The predicted molar refractivity (Wildman–Crippen MR) is 103 cm³/mol. The molecule has 0 atom stereocenters. The second kappa shape index (κ2) is 8.43. The molecule has 0 fully saturated rings. The fraction of sp³-hybridized carbons (Fsp3) is 0.421. The molecule has 1 aliphatic heterocycles. The van der Waals surface area contributed by atoms with E-state index in [0.717, 1.165) is 4.90 Å². The van der Waals surface area contributed by atoms with Gasteiger partial charge in [-0.25, -0.2) is 9.69 Å². The monoisotopic (exact) mass is 394 g/mol. The maximum absolute atomic E-state index is 12.5. The second-order valence-corrected chi connectivity index (χ2v) is 7.35. The Balaban J connectivity index is 1.97. The average Bonchev–Trinajstić information content (AvgIpc) is 2.86. The van der Waals surface area contributed by atoms with E-state index >= 15 is 0 Å². The van der Waals surface area contributed by atoms with E-state index in [-0.39, 0.29) is 31.0 Å². The lowest BCUT2D eigenvalue weighted by molar-refractivity contribution is -0.124. The summed E-state index contributed by atoms with van der Waals surface area (Å²) in [5, 5.41) is 10.6. The highest BCUT2D eigenvalue weighted by Crippen LogP contribution is 2.23. The van der Waals surface area contributed by atoms with E-state index in [0.29, 0.717) is 16.5 Å². The smallest absolute Gasteiger partial charge is 0.417 e. The van der Waals surface area contributed by atoms with Gasteiger partial charge < -0.3 is 14.6 Å². The molecule has 0 saturated heterocycles. The van der Waals surface area contributed by atoms with Gasteiger partial charge in [0, 0.05) is 5.71 Å². The predicted octanol–water partition coefficient (Wildman–Crippen LogP) is 3.77. The number of benzene rings is 1. The van der Waals surface area contributed by atoms with Crippen LogP contribution in [0.15, 0.2) is 40.6 Å². The van der Waals surface area contributed by atoms with E-state index in [4.69, 9.17) is 21.1 Å². The maximum Gasteiger partial charge on any atom is 0.417 e. The number of halogens is 1. The molecule has 2 rings (SSSR count). The molecule has 2 amide bonds. The number of aliphatic imine (C=N–C) groups is 1. The normalized spacial score (nSPS) is 15.4. The zero-order valence-corrected chi connectivity index (χ0v) is 16.5. The van der Waals surface area contributed by atoms with Crippen LogP contribution in [0.2, 0.25) is 5.02 Å². The summed E-state index contributed by atoms with van der Waals surface area (Å²) >= 11 is 6.00. The van der Waals surface area contributed by atoms with Crippen LogP contribution in [0.1, 0.15) is 27.7 Å². The van der Waals surface area contributed by atoms with E-state index < -0.39 is 17.6 Å². The average molecular weight is 395 g/mol. The molecule has 0 spiro atoms. The first-order valence-corrected chi connectivity index (χ1v) is 8.83. The zero-order valence-electron chi connectivity index (χ0n) is 15.8. The number of aliphatic hydroxyl groups excluding tert-OH is 1. The van der Waals surface area contributed by atoms with Gasteiger partial charge in [-0.3, -0.25) is 9.79 Å². The lowest BCUT2D eigenvalue weighted by Crippen LogP contribution is -2.39. The minimum absolute atomic E-state index is 0.0126. The lowest BCUT2D eigenvalue weighted by atomic mass is 10.1. The quantitative estimate of drug-likeness (QED) is 0.606. The standard InChI is InChI=1S/C19H23ClN2O5/c1-12(21-9-10-26-15-8-6-5-7-13(15)20)16-14(23)11-22(17(16)24)18(25)27-19(2,3)4/h5-8,23H,9-11H2,1-4H3. The zero-order chi connectivity index (χ0) is 20.2. The molecule has 146 valence electrons. The summed E-state index contributed by atoms with van der Waals surface area (Å²) in [7, 11) is 0. The molecule has 0 saturated carbocycles. The number of ether oxygens (including phenoxy) is 2. The number of carbonyl (C=O) groups is 2. The van der Waals surface area contributed by atoms with Gasteiger partial charge >= 0.3 is 6.09 Å². The fourth-order valence-electron chi connectivity index (χ4n) is 2.40. The summed E-state index contributed by atoms with van der Waals surface area (Å²) < 4.78 is 10.7. The van der Waals surface area contributed by atoms with Crippen molar-refractivity contribution >= 4 is 29.3 Å². The lowest BCUT2D eigenvalue weighted by Gasteiger charge is -2.23. The summed E-state index contributed by atoms with van der Waals surface area (Å²) in [5.41, 5.74) is -0.403. The first kappa shape index (κ1) is 20.8. The Labute approximate surface area is 163 Å². The van der Waals surface area contributed by atoms with Crippen LogP contribution in [0.3, 0.4) is 0 Å². The molecule has 1 aliphatic rings. The molecule has 0 aliphatic carbocycles. The van der Waals surface area contributed by atoms with Crippen LogP contribution in [0.25, 0.3) is 0 Å². The number of para-hydroxylation sites is 1. The second-order valence-electron chi connectivity index (χ2n) is 6.94. The Hall–Kier alpha value is -2.54. The van der Waals surface area contributed by atoms with Crippen molar-refractivity contribution < 1.29 is 24.2 Å². The molecular weight excluding hydrogens is 372 g/mol. The molecule has 0 bridgehead atoms. The molecule has 1 N–H and O–H groups in total. The van der Waals surface area contributed by atoms with Gasteiger partial charge in [0.2, 0.25) is 0 Å². The van der Waals surface area contributed by atoms with Gasteiger partial charge in [-0.05, 0) is 39.8 Å². The topological polar surface area (TPSA) is 88.4 Å². The highest BCUT2D eigenvalue weighted by atomic mass is 35.5. The summed E-state index contributed by atoms with van der Waals surface area (Å²) in [5.74, 6) is -0.295. The Bertz CT molecular complexity index is 796. The van der Waals surface area contributed by atoms with E-state index in [2.05, 4.69) is 4.99 Å². The third-order valence-corrected chi connectivity index (χ3v) is 3.88. The van der Waals surface area contributed by atoms with Crippen LogP contribution in [-0.2, 0) is 9.53 Å². The fourth-order valence-corrected chi connectivity index (χ4v) is 2.59. The van der Waals surface area contributed by atoms with Gasteiger partial charge in [0.15, 0.2) is 0 Å². The molecule has 0 aromatic heterocycles. The first-order chi connectivity index (χ1) is 12.6. The summed E-state index contributed by atoms with van der Waals surface area (Å²) in [4.78, 5) is 29.7. The Morgan fingerprint density at radius 1 is 1.33 bits per heavy atom. The SMILES string of the molecule is CC(=NCCOc1ccccc1Cl)C1=C(O)CN(C(=O)OC(C)(C)C)C1=O. The van der Waals surface area contributed by atoms with Gasteiger partial charge in [-0.15, -0.1) is 0 Å². The van der Waals surface area contributed by atoms with Gasteiger partial charge in [0.25, 0.3) is 5.91 Å². The van der Waals surface area contributed by atoms with E-state index in [1.807, 2.05) is 0 Å². The van der Waals surface area contributed by atoms with Gasteiger partial charge in [-0.1, -0.05) is 23.7 Å². The minimum atomic E-state index is -0.802. The molecule has 1 aromatic carbocycles. The van der Waals surface area contributed by atoms with Crippen LogP contribution >= 0.6 is 11.6 Å². The molecule has 0 unspecified atom stereocenters. The van der Waals surface area contributed by atoms with Gasteiger partial charge in [-0.2, -0.15) is 0 Å². The van der Waals surface area contributed by atoms with Crippen LogP contribution in [0.4, 0.5) is 4.79 Å². The van der Waals surface area contributed by atoms with Crippen molar-refractivity contribution in [3.63, 3.8) is 0 Å². The van der Waals surface area contributed by atoms with Crippen molar-refractivity contribution in [2.24, 2.45) is 4.99 Å². The number of amides is 2. The molecule has 1 heterocycles. The molecule has 27 heavy (non-hydrogen) atoms. The Morgan fingerprint density at radius 3 is 2.63 bits per heavy atom. The van der Waals surface area contributed by atoms with E-state index in [9.17, 15) is 14.7 Å². The Kier molecular flexibility index (Phi) is 6.49. The number of hydrogen-bond acceptors (Lipinski definition) is 6. The molecule has 1 aromatic rings. The van der Waals surface area contributed by atoms with Crippen molar-refractivity contribution in [1.29, 1.82) is 0 Å². The van der Waals surface area contributed by atoms with Crippen LogP contribution in [0, 0.1) is 0 Å². The number of aliphatic hydroxyl groups is 1. The molecule has 8 heteroatoms. The summed E-state index contributed by atoms with van der Waals surface area (Å²) in [6, 6.07) is 7.07. The number of carbonyl (C=O) groups excluding carboxylic acids is 2. The van der Waals surface area contributed by atoms with Crippen LogP contribution in [0.5, 0.6) is 5.75 Å². The van der Waals surface area contributed by atoms with Crippen molar-refractivity contribution in [3.05, 3.63) is 40.6 Å². The number of imide groups is 1. The van der Waals surface area contributed by atoms with Gasteiger partial charge in [0.1, 0.15) is 29.3 Å². The number of hydrogen-bond donors (Lipinski definition) is 1.